The summed E-state index contributed by atoms with van der Waals surface area (Å²) < 4.78 is 0. The van der Waals surface area contributed by atoms with Crippen LogP contribution in [0.4, 0.5) is 0 Å². The van der Waals surface area contributed by atoms with E-state index in [-0.39, 0.29) is 5.69 Å². The van der Waals surface area contributed by atoms with Gasteiger partial charge >= 0.3 is 5.69 Å². The van der Waals surface area contributed by atoms with Gasteiger partial charge in [-0.25, -0.2) is 4.79 Å². The second kappa shape index (κ2) is 3.38. The number of H-pyrrole nitrogens is 2. The van der Waals surface area contributed by atoms with E-state index in [0.717, 1.165) is 22.2 Å². The van der Waals surface area contributed by atoms with Gasteiger partial charge in [-0.1, -0.05) is 36.5 Å². The number of rotatable bonds is 0. The normalized spacial score (nSPS) is 19.8. The minimum absolute atomic E-state index is 0.168. The summed E-state index contributed by atoms with van der Waals surface area (Å²) in [6.07, 6.45) is 12.0. The lowest BCUT2D eigenvalue weighted by Gasteiger charge is -2.02. The van der Waals surface area contributed by atoms with Gasteiger partial charge in [0, 0.05) is 0 Å². The third-order valence-electron chi connectivity index (χ3n) is 2.60. The lowest BCUT2D eigenvalue weighted by molar-refractivity contribution is 1.21. The molecule has 0 bridgehead atoms. The van der Waals surface area contributed by atoms with Crippen LogP contribution in [0.3, 0.4) is 0 Å². The molecule has 78 valence electrons. The molecule has 0 fully saturated rings. The van der Waals surface area contributed by atoms with E-state index in [4.69, 9.17) is 0 Å². The van der Waals surface area contributed by atoms with E-state index in [1.165, 1.54) is 0 Å². The second-order valence-electron chi connectivity index (χ2n) is 3.71. The predicted octanol–water partition coefficient (Wildman–Crippen LogP) is 2.45. The van der Waals surface area contributed by atoms with Gasteiger partial charge in [0.05, 0.1) is 11.0 Å². The molecule has 0 atom stereocenters. The van der Waals surface area contributed by atoms with Crippen molar-refractivity contribution in [2.45, 2.75) is 0 Å². The fraction of sp³-hybridized carbons (Fsp3) is 0. The number of aromatic nitrogens is 2. The zero-order valence-corrected chi connectivity index (χ0v) is 8.53. The lowest BCUT2D eigenvalue weighted by atomic mass is 10.0. The van der Waals surface area contributed by atoms with E-state index < -0.39 is 0 Å². The average molecular weight is 210 g/mol. The maximum Gasteiger partial charge on any atom is 0.323 e. The van der Waals surface area contributed by atoms with E-state index in [0.29, 0.717) is 0 Å². The molecule has 1 heterocycles. The number of imidazole rings is 1. The first-order chi connectivity index (χ1) is 7.83. The molecule has 0 radical (unpaired) electrons. The molecular weight excluding hydrogens is 200 g/mol. The largest absolute Gasteiger partial charge is 0.323 e. The molecule has 3 nitrogen and oxygen atoms in total. The highest BCUT2D eigenvalue weighted by Crippen LogP contribution is 2.20. The number of allylic oxidation sites excluding steroid dienone is 4. The smallest absolute Gasteiger partial charge is 0.306 e. The van der Waals surface area contributed by atoms with Gasteiger partial charge in [-0.05, 0) is 23.3 Å². The van der Waals surface area contributed by atoms with Gasteiger partial charge in [0.2, 0.25) is 0 Å². The van der Waals surface area contributed by atoms with Crippen LogP contribution >= 0.6 is 0 Å². The summed E-state index contributed by atoms with van der Waals surface area (Å²) in [6.45, 7) is 0. The Hall–Kier alpha value is -2.29. The van der Waals surface area contributed by atoms with Gasteiger partial charge in [-0.2, -0.15) is 0 Å². The summed E-state index contributed by atoms with van der Waals surface area (Å²) in [5.74, 6) is 0. The molecule has 1 aliphatic carbocycles. The van der Waals surface area contributed by atoms with Crippen molar-refractivity contribution in [2.24, 2.45) is 0 Å². The van der Waals surface area contributed by atoms with E-state index in [9.17, 15) is 4.79 Å². The Morgan fingerprint density at radius 3 is 1.75 bits per heavy atom. The molecular formula is C13H10N2O. The number of hydrogen-bond acceptors (Lipinski definition) is 1. The first-order valence-corrected chi connectivity index (χ1v) is 5.10. The molecule has 0 amide bonds. The Bertz CT molecular complexity index is 628. The molecule has 1 aromatic carbocycles. The van der Waals surface area contributed by atoms with Gasteiger partial charge in [0.15, 0.2) is 0 Å². The molecule has 2 N–H and O–H groups in total. The second-order valence-corrected chi connectivity index (χ2v) is 3.71. The summed E-state index contributed by atoms with van der Waals surface area (Å²) in [7, 11) is 0. The van der Waals surface area contributed by atoms with Gasteiger partial charge in [-0.3, -0.25) is 0 Å². The van der Waals surface area contributed by atoms with Crippen LogP contribution in [0, 0.1) is 0 Å². The highest BCUT2D eigenvalue weighted by molar-refractivity contribution is 5.83. The molecule has 0 saturated heterocycles. The fourth-order valence-corrected chi connectivity index (χ4v) is 1.85. The Balaban J connectivity index is 2.34. The summed E-state index contributed by atoms with van der Waals surface area (Å²) in [4.78, 5) is 16.7. The minimum atomic E-state index is -0.168. The first kappa shape index (κ1) is 8.97. The molecule has 2 aromatic rings. The Morgan fingerprint density at radius 1 is 0.750 bits per heavy atom. The highest BCUT2D eigenvalue weighted by atomic mass is 16.1. The van der Waals surface area contributed by atoms with Crippen LogP contribution in [0.25, 0.3) is 23.2 Å². The van der Waals surface area contributed by atoms with Crippen LogP contribution in [-0.2, 0) is 0 Å². The first-order valence-electron chi connectivity index (χ1n) is 5.10. The highest BCUT2D eigenvalue weighted by Gasteiger charge is 2.03. The van der Waals surface area contributed by atoms with Gasteiger partial charge in [0.25, 0.3) is 0 Å². The number of nitrogens with one attached hydrogen (secondary N) is 2. The van der Waals surface area contributed by atoms with Crippen LogP contribution in [0.1, 0.15) is 11.1 Å². The number of benzene rings is 1. The molecule has 1 aliphatic rings. The van der Waals surface area contributed by atoms with Crippen LogP contribution in [0.2, 0.25) is 0 Å². The maximum atomic E-state index is 11.2. The van der Waals surface area contributed by atoms with Crippen LogP contribution in [-0.4, -0.2) is 9.97 Å². The number of fused-ring (bicyclic) bond motifs is 2. The van der Waals surface area contributed by atoms with Crippen molar-refractivity contribution < 1.29 is 0 Å². The topological polar surface area (TPSA) is 48.6 Å². The predicted molar refractivity (Wildman–Crippen MR) is 66.1 cm³/mol. The molecule has 16 heavy (non-hydrogen) atoms. The Labute approximate surface area is 91.8 Å². The zero-order chi connectivity index (χ0) is 11.0. The van der Waals surface area contributed by atoms with Crippen molar-refractivity contribution in [1.82, 2.24) is 9.97 Å². The fourth-order valence-electron chi connectivity index (χ4n) is 1.85. The molecule has 0 saturated carbocycles. The van der Waals surface area contributed by atoms with Crippen molar-refractivity contribution in [2.75, 3.05) is 0 Å². The van der Waals surface area contributed by atoms with Gasteiger partial charge in [-0.15, -0.1) is 0 Å². The van der Waals surface area contributed by atoms with Crippen molar-refractivity contribution in [3.05, 3.63) is 58.0 Å². The summed E-state index contributed by atoms with van der Waals surface area (Å²) in [5.41, 5.74) is 3.71. The molecule has 0 aliphatic heterocycles. The summed E-state index contributed by atoms with van der Waals surface area (Å²) in [6, 6.07) is 3.95. The number of hydrogen-bond donors (Lipinski definition) is 2. The standard InChI is InChI=1S/C13H10N2O/c16-13-14-11-7-9-5-3-1-2-4-6-10(9)8-12(11)15-13/h1-8H,(H2,14,15,16)/b2-1-,3-1?,4-2?,5-3-,6-4-,9-5?,10-6?. The van der Waals surface area contributed by atoms with Crippen molar-refractivity contribution in [3.8, 4) is 0 Å². The van der Waals surface area contributed by atoms with E-state index in [2.05, 4.69) is 9.97 Å². The Kier molecular flexibility index (Phi) is 1.90. The molecule has 1 aromatic heterocycles. The van der Waals surface area contributed by atoms with Crippen LogP contribution in [0.5, 0.6) is 0 Å². The van der Waals surface area contributed by atoms with Crippen LogP contribution in [0.15, 0.2) is 41.2 Å². The minimum Gasteiger partial charge on any atom is -0.306 e. The van der Waals surface area contributed by atoms with E-state index >= 15 is 0 Å². The molecule has 0 unspecified atom stereocenters. The SMILES string of the molecule is O=c1[nH]c2cc3c(cc2[nH]1)\C=C/C=C\C=C/3. The summed E-state index contributed by atoms with van der Waals surface area (Å²) in [5, 5.41) is 0. The van der Waals surface area contributed by atoms with Crippen LogP contribution < -0.4 is 5.69 Å². The van der Waals surface area contributed by atoms with Crippen molar-refractivity contribution in [3.63, 3.8) is 0 Å². The molecule has 0 spiro atoms. The lowest BCUT2D eigenvalue weighted by Crippen LogP contribution is -1.99. The van der Waals surface area contributed by atoms with Crippen molar-refractivity contribution in [1.29, 1.82) is 0 Å². The monoisotopic (exact) mass is 210 g/mol. The maximum absolute atomic E-state index is 11.2. The number of aromatic amines is 2. The van der Waals surface area contributed by atoms with E-state index in [1.807, 2.05) is 48.6 Å². The Morgan fingerprint density at radius 2 is 1.25 bits per heavy atom. The third-order valence-corrected chi connectivity index (χ3v) is 2.60. The summed E-state index contributed by atoms with van der Waals surface area (Å²) >= 11 is 0. The van der Waals surface area contributed by atoms with Gasteiger partial charge < -0.3 is 9.97 Å². The third kappa shape index (κ3) is 1.42. The quantitative estimate of drug-likeness (QED) is 0.689. The van der Waals surface area contributed by atoms with Crippen molar-refractivity contribution >= 4 is 23.2 Å². The molecule has 3 heteroatoms. The van der Waals surface area contributed by atoms with Gasteiger partial charge in [0.1, 0.15) is 0 Å². The zero-order valence-electron chi connectivity index (χ0n) is 8.53. The molecule has 3 rings (SSSR count). The van der Waals surface area contributed by atoms with E-state index in [1.54, 1.807) is 0 Å². The average Bonchev–Trinajstić information content (AvgIpc) is 2.57.